The van der Waals surface area contributed by atoms with Crippen molar-refractivity contribution in [3.8, 4) is 6.07 Å². The molecular weight excluding hydrogens is 302 g/mol. The first kappa shape index (κ1) is 11.9. The second-order valence-electron chi connectivity index (χ2n) is 3.28. The van der Waals surface area contributed by atoms with Crippen LogP contribution >= 0.6 is 27.5 Å². The van der Waals surface area contributed by atoms with Gasteiger partial charge in [0.05, 0.1) is 28.2 Å². The fraction of sp³-hybridized carbons (Fsp3) is 0. The molecule has 0 fully saturated rings. The molecule has 0 unspecified atom stereocenters. The first-order chi connectivity index (χ1) is 8.20. The van der Waals surface area contributed by atoms with Crippen molar-refractivity contribution in [2.45, 2.75) is 0 Å². The summed E-state index contributed by atoms with van der Waals surface area (Å²) >= 11 is 9.42. The number of hydrogen-bond acceptors (Lipinski definition) is 3. The van der Waals surface area contributed by atoms with E-state index in [4.69, 9.17) is 16.9 Å². The predicted molar refractivity (Wildman–Crippen MR) is 71.4 cm³/mol. The van der Waals surface area contributed by atoms with Gasteiger partial charge < -0.3 is 5.32 Å². The summed E-state index contributed by atoms with van der Waals surface area (Å²) in [6.45, 7) is 0. The number of nitriles is 1. The second-order valence-corrected chi connectivity index (χ2v) is 4.61. The van der Waals surface area contributed by atoms with Crippen molar-refractivity contribution in [2.24, 2.45) is 0 Å². The van der Waals surface area contributed by atoms with Crippen LogP contribution in [0.4, 0.5) is 11.4 Å². The largest absolute Gasteiger partial charge is 0.352 e. The Balaban J connectivity index is 2.38. The third-order valence-corrected chi connectivity index (χ3v) is 2.96. The first-order valence-electron chi connectivity index (χ1n) is 4.77. The van der Waals surface area contributed by atoms with Crippen LogP contribution in [0.15, 0.2) is 41.1 Å². The molecular formula is C12H7BrClN3. The van der Waals surface area contributed by atoms with Gasteiger partial charge >= 0.3 is 0 Å². The van der Waals surface area contributed by atoms with E-state index in [9.17, 15) is 0 Å². The van der Waals surface area contributed by atoms with E-state index in [0.717, 1.165) is 10.2 Å². The molecule has 2 aromatic rings. The van der Waals surface area contributed by atoms with Gasteiger partial charge in [-0.25, -0.2) is 0 Å². The minimum absolute atomic E-state index is 0.524. The third kappa shape index (κ3) is 2.76. The SMILES string of the molecule is N#Cc1ccncc1Nc1cc(Br)ccc1Cl. The molecule has 1 heterocycles. The highest BCUT2D eigenvalue weighted by atomic mass is 79.9. The highest BCUT2D eigenvalue weighted by Gasteiger charge is 2.05. The molecule has 0 aliphatic carbocycles. The maximum absolute atomic E-state index is 8.96. The van der Waals surface area contributed by atoms with E-state index in [1.807, 2.05) is 12.1 Å². The van der Waals surface area contributed by atoms with Gasteiger partial charge in [0.25, 0.3) is 0 Å². The lowest BCUT2D eigenvalue weighted by atomic mass is 10.2. The van der Waals surface area contributed by atoms with Crippen LogP contribution in [0.3, 0.4) is 0 Å². The van der Waals surface area contributed by atoms with Crippen molar-refractivity contribution >= 4 is 38.9 Å². The predicted octanol–water partition coefficient (Wildman–Crippen LogP) is 4.11. The quantitative estimate of drug-likeness (QED) is 0.908. The Morgan fingerprint density at radius 1 is 1.29 bits per heavy atom. The van der Waals surface area contributed by atoms with Gasteiger partial charge in [0.15, 0.2) is 0 Å². The van der Waals surface area contributed by atoms with Gasteiger partial charge in [0.1, 0.15) is 6.07 Å². The van der Waals surface area contributed by atoms with E-state index < -0.39 is 0 Å². The standard InChI is InChI=1S/C12H7BrClN3/c13-9-1-2-10(14)11(5-9)17-12-7-16-4-3-8(12)6-15/h1-5,7,17H. The van der Waals surface area contributed by atoms with Crippen LogP contribution in [0.2, 0.25) is 5.02 Å². The highest BCUT2D eigenvalue weighted by Crippen LogP contribution is 2.29. The molecule has 0 radical (unpaired) electrons. The molecule has 0 spiro atoms. The van der Waals surface area contributed by atoms with Gasteiger partial charge in [-0.3, -0.25) is 4.98 Å². The van der Waals surface area contributed by atoms with Crippen LogP contribution in [0, 0.1) is 11.3 Å². The number of nitrogens with zero attached hydrogens (tertiary/aromatic N) is 2. The molecule has 0 saturated heterocycles. The van der Waals surface area contributed by atoms with Gasteiger partial charge in [-0.05, 0) is 24.3 Å². The summed E-state index contributed by atoms with van der Waals surface area (Å²) in [7, 11) is 0. The molecule has 84 valence electrons. The Morgan fingerprint density at radius 3 is 2.88 bits per heavy atom. The van der Waals surface area contributed by atoms with Crippen molar-refractivity contribution in [3.63, 3.8) is 0 Å². The zero-order valence-electron chi connectivity index (χ0n) is 8.61. The molecule has 0 bridgehead atoms. The molecule has 0 amide bonds. The molecule has 0 aliphatic rings. The van der Waals surface area contributed by atoms with Gasteiger partial charge in [0.2, 0.25) is 0 Å². The summed E-state index contributed by atoms with van der Waals surface area (Å²) in [5.74, 6) is 0. The molecule has 2 rings (SSSR count). The number of nitrogens with one attached hydrogen (secondary N) is 1. The summed E-state index contributed by atoms with van der Waals surface area (Å²) in [6, 6.07) is 9.21. The highest BCUT2D eigenvalue weighted by molar-refractivity contribution is 9.10. The fourth-order valence-corrected chi connectivity index (χ4v) is 1.86. The zero-order chi connectivity index (χ0) is 12.3. The van der Waals surface area contributed by atoms with E-state index in [1.165, 1.54) is 0 Å². The Bertz CT molecular complexity index is 593. The maximum Gasteiger partial charge on any atom is 0.101 e. The van der Waals surface area contributed by atoms with Crippen LogP contribution < -0.4 is 5.32 Å². The summed E-state index contributed by atoms with van der Waals surface area (Å²) in [5, 5.41) is 12.6. The Morgan fingerprint density at radius 2 is 2.12 bits per heavy atom. The van der Waals surface area contributed by atoms with Crippen molar-refractivity contribution in [1.29, 1.82) is 5.26 Å². The van der Waals surface area contributed by atoms with Gasteiger partial charge in [-0.15, -0.1) is 0 Å². The van der Waals surface area contributed by atoms with Crippen LogP contribution in [-0.2, 0) is 0 Å². The van der Waals surface area contributed by atoms with Gasteiger partial charge in [-0.1, -0.05) is 27.5 Å². The van der Waals surface area contributed by atoms with E-state index in [-0.39, 0.29) is 0 Å². The van der Waals surface area contributed by atoms with E-state index in [0.29, 0.717) is 16.3 Å². The number of rotatable bonds is 2. The fourth-order valence-electron chi connectivity index (χ4n) is 1.33. The topological polar surface area (TPSA) is 48.7 Å². The van der Waals surface area contributed by atoms with Crippen LogP contribution in [0.5, 0.6) is 0 Å². The first-order valence-corrected chi connectivity index (χ1v) is 5.94. The number of anilines is 2. The summed E-state index contributed by atoms with van der Waals surface area (Å²) < 4.78 is 0.909. The normalized spacial score (nSPS) is 9.71. The lowest BCUT2D eigenvalue weighted by Crippen LogP contribution is -1.95. The number of pyridine rings is 1. The Labute approximate surface area is 112 Å². The van der Waals surface area contributed by atoms with E-state index in [1.54, 1.807) is 24.5 Å². The Kier molecular flexibility index (Phi) is 3.62. The third-order valence-electron chi connectivity index (χ3n) is 2.14. The Hall–Kier alpha value is -1.57. The number of benzene rings is 1. The smallest absolute Gasteiger partial charge is 0.101 e. The molecule has 1 aromatic heterocycles. The van der Waals surface area contributed by atoms with Crippen molar-refractivity contribution in [2.75, 3.05) is 5.32 Å². The lowest BCUT2D eigenvalue weighted by Gasteiger charge is -2.09. The monoisotopic (exact) mass is 307 g/mol. The summed E-state index contributed by atoms with van der Waals surface area (Å²) in [6.07, 6.45) is 3.17. The molecule has 1 aromatic carbocycles. The molecule has 3 nitrogen and oxygen atoms in total. The van der Waals surface area contributed by atoms with Crippen LogP contribution in [0.1, 0.15) is 5.56 Å². The number of aromatic nitrogens is 1. The molecule has 0 aliphatic heterocycles. The minimum atomic E-state index is 0.524. The van der Waals surface area contributed by atoms with Gasteiger partial charge in [0, 0.05) is 10.7 Å². The maximum atomic E-state index is 8.96. The molecule has 17 heavy (non-hydrogen) atoms. The molecule has 5 heteroatoms. The van der Waals surface area contributed by atoms with E-state index in [2.05, 4.69) is 32.3 Å². The van der Waals surface area contributed by atoms with Crippen LogP contribution in [-0.4, -0.2) is 4.98 Å². The zero-order valence-corrected chi connectivity index (χ0v) is 11.0. The van der Waals surface area contributed by atoms with Crippen LogP contribution in [0.25, 0.3) is 0 Å². The van der Waals surface area contributed by atoms with E-state index >= 15 is 0 Å². The summed E-state index contributed by atoms with van der Waals surface area (Å²) in [4.78, 5) is 3.97. The van der Waals surface area contributed by atoms with Gasteiger partial charge in [-0.2, -0.15) is 5.26 Å². The molecule has 0 atom stereocenters. The lowest BCUT2D eigenvalue weighted by molar-refractivity contribution is 1.30. The van der Waals surface area contributed by atoms with Crippen molar-refractivity contribution in [3.05, 3.63) is 51.7 Å². The number of hydrogen-bond donors (Lipinski definition) is 1. The minimum Gasteiger partial charge on any atom is -0.352 e. The molecule has 0 saturated carbocycles. The number of halogens is 2. The average molecular weight is 309 g/mol. The van der Waals surface area contributed by atoms with Crippen molar-refractivity contribution in [1.82, 2.24) is 4.98 Å². The average Bonchev–Trinajstić information content (AvgIpc) is 2.34. The molecule has 1 N–H and O–H groups in total. The second kappa shape index (κ2) is 5.17. The summed E-state index contributed by atoms with van der Waals surface area (Å²) in [5.41, 5.74) is 1.89. The van der Waals surface area contributed by atoms with Crippen molar-refractivity contribution < 1.29 is 0 Å².